The molecule has 2 heterocycles. The van der Waals surface area contributed by atoms with E-state index in [0.29, 0.717) is 37.3 Å². The largest absolute Gasteiger partial charge is 0.495 e. The van der Waals surface area contributed by atoms with Gasteiger partial charge in [-0.3, -0.25) is 4.79 Å². The zero-order valence-electron chi connectivity index (χ0n) is 20.4. The zero-order valence-corrected chi connectivity index (χ0v) is 21.2. The smallest absolute Gasteiger partial charge is 0.254 e. The molecule has 1 saturated heterocycles. The second-order valence-corrected chi connectivity index (χ2v) is 11.0. The Hall–Kier alpha value is -3.78. The van der Waals surface area contributed by atoms with Crippen LogP contribution in [0.4, 0.5) is 5.69 Å². The third-order valence-electron chi connectivity index (χ3n) is 6.81. The number of aryl methyl sites for hydroxylation is 1. The fraction of sp³-hybridized carbons (Fsp3) is 0.250. The molecule has 0 bridgehead atoms. The third kappa shape index (κ3) is 4.56. The van der Waals surface area contributed by atoms with Crippen LogP contribution in [0.15, 0.2) is 77.8 Å². The number of rotatable bonds is 6. The van der Waals surface area contributed by atoms with Crippen molar-refractivity contribution in [2.45, 2.75) is 17.6 Å². The van der Waals surface area contributed by atoms with Crippen molar-refractivity contribution in [2.24, 2.45) is 0 Å². The monoisotopic (exact) mass is 503 g/mol. The molecule has 1 aromatic heterocycles. The molecule has 0 spiro atoms. The van der Waals surface area contributed by atoms with Crippen molar-refractivity contribution in [3.63, 3.8) is 0 Å². The molecule has 5 rings (SSSR count). The molecule has 0 saturated carbocycles. The highest BCUT2D eigenvalue weighted by molar-refractivity contribution is 7.90. The summed E-state index contributed by atoms with van der Waals surface area (Å²) in [5, 5.41) is 0.967. The molecule has 36 heavy (non-hydrogen) atoms. The number of para-hydroxylation sites is 3. The number of carbonyl (C=O) groups is 1. The minimum Gasteiger partial charge on any atom is -0.495 e. The average molecular weight is 504 g/mol. The van der Waals surface area contributed by atoms with Crippen LogP contribution in [-0.4, -0.2) is 57.5 Å². The van der Waals surface area contributed by atoms with Gasteiger partial charge in [0.05, 0.1) is 23.4 Å². The molecule has 1 aliphatic heterocycles. The molecule has 8 heteroatoms. The van der Waals surface area contributed by atoms with Crippen LogP contribution in [0.3, 0.4) is 0 Å². The third-order valence-corrected chi connectivity index (χ3v) is 8.47. The van der Waals surface area contributed by atoms with Gasteiger partial charge in [0, 0.05) is 43.5 Å². The summed E-state index contributed by atoms with van der Waals surface area (Å²) in [4.78, 5) is 20.7. The Bertz CT molecular complexity index is 1520. The summed E-state index contributed by atoms with van der Waals surface area (Å²) in [6.07, 6.45) is 1.80. The van der Waals surface area contributed by atoms with E-state index in [1.165, 1.54) is 6.07 Å². The van der Waals surface area contributed by atoms with Gasteiger partial charge in [0.2, 0.25) is 0 Å². The number of aromatic amines is 1. The molecular formula is C28H29N3O4S. The highest BCUT2D eigenvalue weighted by Crippen LogP contribution is 2.29. The number of aromatic nitrogens is 1. The molecule has 0 aliphatic carbocycles. The Kier molecular flexibility index (Phi) is 6.45. The van der Waals surface area contributed by atoms with Crippen LogP contribution >= 0.6 is 0 Å². The number of ether oxygens (including phenoxy) is 1. The number of nitrogens with zero attached hydrogens (tertiary/aromatic N) is 2. The number of piperazine rings is 1. The SMILES string of the molecule is COc1ccccc1N1CCN(C(=O)c2cc(S(=O)(=O)Cc3cccc4cc[nH]c34)ccc2C)CC1. The molecule has 7 nitrogen and oxygen atoms in total. The highest BCUT2D eigenvalue weighted by Gasteiger charge is 2.26. The van der Waals surface area contributed by atoms with Gasteiger partial charge < -0.3 is 19.5 Å². The Labute approximate surface area is 211 Å². The number of carbonyl (C=O) groups excluding carboxylic acids is 1. The van der Waals surface area contributed by atoms with Crippen LogP contribution in [0.1, 0.15) is 21.5 Å². The van der Waals surface area contributed by atoms with Crippen molar-refractivity contribution >= 4 is 32.3 Å². The van der Waals surface area contributed by atoms with Gasteiger partial charge in [0.1, 0.15) is 5.75 Å². The first-order valence-corrected chi connectivity index (χ1v) is 13.6. The van der Waals surface area contributed by atoms with Crippen molar-refractivity contribution in [2.75, 3.05) is 38.2 Å². The summed E-state index contributed by atoms with van der Waals surface area (Å²) in [7, 11) is -2.00. The van der Waals surface area contributed by atoms with E-state index in [1.54, 1.807) is 30.3 Å². The van der Waals surface area contributed by atoms with E-state index in [2.05, 4.69) is 9.88 Å². The summed E-state index contributed by atoms with van der Waals surface area (Å²) in [6, 6.07) is 20.2. The molecule has 0 atom stereocenters. The molecule has 1 N–H and O–H groups in total. The number of benzene rings is 3. The van der Waals surface area contributed by atoms with Crippen molar-refractivity contribution < 1.29 is 17.9 Å². The summed E-state index contributed by atoms with van der Waals surface area (Å²) in [5.74, 6) is 0.524. The predicted molar refractivity (Wildman–Crippen MR) is 141 cm³/mol. The van der Waals surface area contributed by atoms with Gasteiger partial charge in [0.25, 0.3) is 5.91 Å². The maximum atomic E-state index is 13.4. The number of hydrogen-bond acceptors (Lipinski definition) is 5. The quantitative estimate of drug-likeness (QED) is 0.421. The van der Waals surface area contributed by atoms with Crippen LogP contribution in [0.25, 0.3) is 10.9 Å². The van der Waals surface area contributed by atoms with Gasteiger partial charge in [-0.05, 0) is 53.8 Å². The summed E-state index contributed by atoms with van der Waals surface area (Å²) < 4.78 is 32.1. The lowest BCUT2D eigenvalue weighted by Crippen LogP contribution is -2.49. The fourth-order valence-electron chi connectivity index (χ4n) is 4.79. The molecule has 0 unspecified atom stereocenters. The first-order chi connectivity index (χ1) is 17.4. The number of fused-ring (bicyclic) bond motifs is 1. The Morgan fingerprint density at radius 3 is 2.53 bits per heavy atom. The minimum atomic E-state index is -3.65. The molecule has 0 radical (unpaired) electrons. The number of hydrogen-bond donors (Lipinski definition) is 1. The number of amides is 1. The second-order valence-electron chi connectivity index (χ2n) is 9.05. The first-order valence-electron chi connectivity index (χ1n) is 11.9. The van der Waals surface area contributed by atoms with Crippen LogP contribution in [0, 0.1) is 6.92 Å². The second kappa shape index (κ2) is 9.70. The Balaban J connectivity index is 1.34. The molecule has 3 aromatic carbocycles. The maximum absolute atomic E-state index is 13.4. The van der Waals surface area contributed by atoms with Gasteiger partial charge in [-0.25, -0.2) is 8.42 Å². The average Bonchev–Trinajstić information content (AvgIpc) is 3.38. The van der Waals surface area contributed by atoms with Gasteiger partial charge >= 0.3 is 0 Å². The van der Waals surface area contributed by atoms with Crippen molar-refractivity contribution in [1.82, 2.24) is 9.88 Å². The number of sulfone groups is 1. The van der Waals surface area contributed by atoms with E-state index < -0.39 is 9.84 Å². The number of H-pyrrole nitrogens is 1. The molecular weight excluding hydrogens is 474 g/mol. The normalized spacial score (nSPS) is 14.3. The lowest BCUT2D eigenvalue weighted by molar-refractivity contribution is 0.0745. The highest BCUT2D eigenvalue weighted by atomic mass is 32.2. The van der Waals surface area contributed by atoms with E-state index in [-0.39, 0.29) is 16.6 Å². The summed E-state index contributed by atoms with van der Waals surface area (Å²) >= 11 is 0. The van der Waals surface area contributed by atoms with Crippen LogP contribution in [-0.2, 0) is 15.6 Å². The van der Waals surface area contributed by atoms with Crippen LogP contribution < -0.4 is 9.64 Å². The number of nitrogens with one attached hydrogen (secondary N) is 1. The fourth-order valence-corrected chi connectivity index (χ4v) is 6.18. The molecule has 1 aliphatic rings. The van der Waals surface area contributed by atoms with Crippen molar-refractivity contribution in [1.29, 1.82) is 0 Å². The van der Waals surface area contributed by atoms with Crippen LogP contribution in [0.5, 0.6) is 5.75 Å². The summed E-state index contributed by atoms with van der Waals surface area (Å²) in [6.45, 7) is 4.27. The van der Waals surface area contributed by atoms with Crippen molar-refractivity contribution in [3.8, 4) is 5.75 Å². The van der Waals surface area contributed by atoms with E-state index in [1.807, 2.05) is 55.5 Å². The zero-order chi connectivity index (χ0) is 25.3. The van der Waals surface area contributed by atoms with E-state index in [9.17, 15) is 13.2 Å². The molecule has 1 amide bonds. The maximum Gasteiger partial charge on any atom is 0.254 e. The van der Waals surface area contributed by atoms with E-state index in [0.717, 1.165) is 27.9 Å². The molecule has 1 fully saturated rings. The van der Waals surface area contributed by atoms with Gasteiger partial charge in [-0.15, -0.1) is 0 Å². The van der Waals surface area contributed by atoms with Gasteiger partial charge in [-0.1, -0.05) is 36.4 Å². The lowest BCUT2D eigenvalue weighted by Gasteiger charge is -2.36. The predicted octanol–water partition coefficient (Wildman–Crippen LogP) is 4.42. The van der Waals surface area contributed by atoms with E-state index in [4.69, 9.17) is 4.74 Å². The molecule has 186 valence electrons. The van der Waals surface area contributed by atoms with Crippen LogP contribution in [0.2, 0.25) is 0 Å². The Morgan fingerprint density at radius 2 is 1.75 bits per heavy atom. The molecule has 4 aromatic rings. The number of methoxy groups -OCH3 is 1. The standard InChI is InChI=1S/C28H29N3O4S/c1-20-10-11-23(36(33,34)19-22-7-5-6-21-12-13-29-27(21)22)18-24(20)28(32)31-16-14-30(15-17-31)25-8-3-4-9-26(25)35-2/h3-13,18,29H,14-17,19H2,1-2H3. The lowest BCUT2D eigenvalue weighted by atomic mass is 10.1. The van der Waals surface area contributed by atoms with Crippen molar-refractivity contribution in [3.05, 3.63) is 89.6 Å². The first kappa shape index (κ1) is 23.9. The van der Waals surface area contributed by atoms with E-state index >= 15 is 0 Å². The Morgan fingerprint density at radius 1 is 0.972 bits per heavy atom. The van der Waals surface area contributed by atoms with Gasteiger partial charge in [-0.2, -0.15) is 0 Å². The van der Waals surface area contributed by atoms with Gasteiger partial charge in [0.15, 0.2) is 9.84 Å². The topological polar surface area (TPSA) is 82.7 Å². The summed E-state index contributed by atoms with van der Waals surface area (Å²) in [5.41, 5.74) is 3.72. The minimum absolute atomic E-state index is 0.140. The number of anilines is 1.